The number of hydrogen-bond donors (Lipinski definition) is 4. The van der Waals surface area contributed by atoms with Crippen LogP contribution in [0.3, 0.4) is 0 Å². The summed E-state index contributed by atoms with van der Waals surface area (Å²) in [5.74, 6) is -1.77. The van der Waals surface area contributed by atoms with Crippen molar-refractivity contribution in [3.8, 4) is 0 Å². The van der Waals surface area contributed by atoms with Crippen molar-refractivity contribution in [2.45, 2.75) is 43.0 Å². The maximum atomic E-state index is 12.7. The van der Waals surface area contributed by atoms with Crippen LogP contribution < -0.4 is 10.2 Å². The Morgan fingerprint density at radius 2 is 1.70 bits per heavy atom. The first-order chi connectivity index (χ1) is 12.8. The van der Waals surface area contributed by atoms with E-state index in [0.717, 1.165) is 5.39 Å². The van der Waals surface area contributed by atoms with E-state index in [9.17, 15) is 23.1 Å². The van der Waals surface area contributed by atoms with Gasteiger partial charge in [0.2, 0.25) is 15.9 Å². The fourth-order valence-electron chi connectivity index (χ4n) is 2.78. The number of nitrogens with one attached hydrogen (secondary N) is 2. The molecule has 2 aromatic rings. The minimum Gasteiger partial charge on any atom is -0.480 e. The summed E-state index contributed by atoms with van der Waals surface area (Å²) >= 11 is 0. The highest BCUT2D eigenvalue weighted by Gasteiger charge is 2.26. The molecule has 1 amide bonds. The average molecular weight is 394 g/mol. The molecular weight excluding hydrogens is 372 g/mol. The standard InChI is InChI=1S/C18H22N2O6S/c21-17(19-24)12-3-1-2-10-15(18(22)23)20-27(25,26)16-11-6-8-13-7-4-5-9-14(13)16/h4-9,11,15,20,24H,1-3,10,12H2,(H,19,21)(H,22,23)/t15-/m0/s1. The maximum Gasteiger partial charge on any atom is 0.321 e. The van der Waals surface area contributed by atoms with Crippen LogP contribution in [0.4, 0.5) is 0 Å². The molecule has 0 aromatic heterocycles. The van der Waals surface area contributed by atoms with E-state index in [4.69, 9.17) is 5.21 Å². The van der Waals surface area contributed by atoms with Gasteiger partial charge >= 0.3 is 5.97 Å². The number of rotatable bonds is 10. The molecule has 146 valence electrons. The van der Waals surface area contributed by atoms with E-state index >= 15 is 0 Å². The normalized spacial score (nSPS) is 12.6. The number of aliphatic carboxylic acids is 1. The van der Waals surface area contributed by atoms with Crippen molar-refractivity contribution in [1.29, 1.82) is 0 Å². The number of amides is 1. The lowest BCUT2D eigenvalue weighted by Crippen LogP contribution is -2.40. The van der Waals surface area contributed by atoms with E-state index in [-0.39, 0.29) is 17.7 Å². The van der Waals surface area contributed by atoms with Crippen LogP contribution in [0.25, 0.3) is 10.8 Å². The van der Waals surface area contributed by atoms with Gasteiger partial charge in [0, 0.05) is 11.8 Å². The summed E-state index contributed by atoms with van der Waals surface area (Å²) in [5.41, 5.74) is 1.52. The second-order valence-corrected chi connectivity index (χ2v) is 7.81. The van der Waals surface area contributed by atoms with Crippen molar-refractivity contribution in [3.63, 3.8) is 0 Å². The van der Waals surface area contributed by atoms with Gasteiger partial charge in [-0.05, 0) is 24.3 Å². The third-order valence-electron chi connectivity index (χ3n) is 4.16. The Morgan fingerprint density at radius 1 is 1.00 bits per heavy atom. The minimum atomic E-state index is -4.02. The Kier molecular flexibility index (Phi) is 7.28. The Morgan fingerprint density at radius 3 is 2.41 bits per heavy atom. The highest BCUT2D eigenvalue weighted by Crippen LogP contribution is 2.23. The number of carbonyl (C=O) groups excluding carboxylic acids is 1. The number of carboxylic acids is 1. The van der Waals surface area contributed by atoms with E-state index in [1.54, 1.807) is 36.4 Å². The molecule has 8 nitrogen and oxygen atoms in total. The zero-order valence-electron chi connectivity index (χ0n) is 14.6. The molecule has 0 bridgehead atoms. The molecule has 2 aromatic carbocycles. The van der Waals surface area contributed by atoms with Gasteiger partial charge in [0.05, 0.1) is 4.90 Å². The largest absolute Gasteiger partial charge is 0.480 e. The quantitative estimate of drug-likeness (QED) is 0.277. The van der Waals surface area contributed by atoms with Crippen LogP contribution in [-0.2, 0) is 19.6 Å². The van der Waals surface area contributed by atoms with Crippen LogP contribution in [-0.4, -0.2) is 36.6 Å². The van der Waals surface area contributed by atoms with E-state index in [1.165, 1.54) is 11.5 Å². The first-order valence-electron chi connectivity index (χ1n) is 8.51. The van der Waals surface area contributed by atoms with Crippen LogP contribution in [0, 0.1) is 0 Å². The minimum absolute atomic E-state index is 0.0338. The summed E-state index contributed by atoms with van der Waals surface area (Å²) in [6.07, 6.45) is 1.64. The molecule has 0 aliphatic carbocycles. The van der Waals surface area contributed by atoms with Gasteiger partial charge in [-0.25, -0.2) is 13.9 Å². The van der Waals surface area contributed by atoms with Crippen LogP contribution in [0.5, 0.6) is 0 Å². The SMILES string of the molecule is O=C(CCCCC[C@H](NS(=O)(=O)c1cccc2ccccc12)C(=O)O)NO. The number of sulfonamides is 1. The molecule has 0 saturated heterocycles. The molecule has 0 unspecified atom stereocenters. The van der Waals surface area contributed by atoms with Crippen LogP contribution in [0.1, 0.15) is 32.1 Å². The predicted octanol–water partition coefficient (Wildman–Crippen LogP) is 2.03. The zero-order valence-corrected chi connectivity index (χ0v) is 15.4. The Bertz CT molecular complexity index is 908. The molecular formula is C18H22N2O6S. The van der Waals surface area contributed by atoms with Crippen molar-refractivity contribution < 1.29 is 28.3 Å². The molecule has 0 fully saturated rings. The lowest BCUT2D eigenvalue weighted by atomic mass is 10.1. The first-order valence-corrected chi connectivity index (χ1v) is 9.99. The fourth-order valence-corrected chi connectivity index (χ4v) is 4.23. The fraction of sp³-hybridized carbons (Fsp3) is 0.333. The number of carboxylic acid groups (broad SMARTS) is 1. The lowest BCUT2D eigenvalue weighted by molar-refractivity contribution is -0.139. The highest BCUT2D eigenvalue weighted by atomic mass is 32.2. The number of unbranched alkanes of at least 4 members (excludes halogenated alkanes) is 2. The van der Waals surface area contributed by atoms with Gasteiger partial charge in [0.15, 0.2) is 0 Å². The number of carbonyl (C=O) groups is 2. The van der Waals surface area contributed by atoms with E-state index in [2.05, 4.69) is 4.72 Å². The van der Waals surface area contributed by atoms with E-state index in [0.29, 0.717) is 24.6 Å². The topological polar surface area (TPSA) is 133 Å². The Balaban J connectivity index is 2.06. The molecule has 4 N–H and O–H groups in total. The molecule has 27 heavy (non-hydrogen) atoms. The molecule has 9 heteroatoms. The third kappa shape index (κ3) is 5.75. The van der Waals surface area contributed by atoms with Gasteiger partial charge in [-0.3, -0.25) is 14.8 Å². The summed E-state index contributed by atoms with van der Waals surface area (Å²) < 4.78 is 27.7. The van der Waals surface area contributed by atoms with Crippen LogP contribution in [0.15, 0.2) is 47.4 Å². The van der Waals surface area contributed by atoms with Crippen LogP contribution >= 0.6 is 0 Å². The zero-order chi connectivity index (χ0) is 19.9. The molecule has 2 rings (SSSR count). The number of fused-ring (bicyclic) bond motifs is 1. The summed E-state index contributed by atoms with van der Waals surface area (Å²) in [7, 11) is -4.02. The number of benzene rings is 2. The van der Waals surface area contributed by atoms with E-state index < -0.39 is 27.9 Å². The summed E-state index contributed by atoms with van der Waals surface area (Å²) in [6.45, 7) is 0. The van der Waals surface area contributed by atoms with Crippen molar-refractivity contribution in [3.05, 3.63) is 42.5 Å². The van der Waals surface area contributed by atoms with Gasteiger partial charge in [-0.15, -0.1) is 0 Å². The van der Waals surface area contributed by atoms with E-state index in [1.807, 2.05) is 0 Å². The van der Waals surface area contributed by atoms with Crippen molar-refractivity contribution in [2.75, 3.05) is 0 Å². The van der Waals surface area contributed by atoms with Crippen molar-refractivity contribution in [2.24, 2.45) is 0 Å². The Labute approximate surface area is 157 Å². The van der Waals surface area contributed by atoms with Gasteiger partial charge in [0.25, 0.3) is 0 Å². The Hall–Kier alpha value is -2.49. The first kappa shape index (κ1) is 20.8. The van der Waals surface area contributed by atoms with Gasteiger partial charge in [-0.1, -0.05) is 49.2 Å². The third-order valence-corrected chi connectivity index (χ3v) is 5.69. The summed E-state index contributed by atoms with van der Waals surface area (Å²) in [4.78, 5) is 22.4. The number of hydrogen-bond acceptors (Lipinski definition) is 5. The van der Waals surface area contributed by atoms with Gasteiger partial charge < -0.3 is 5.11 Å². The molecule has 1 atom stereocenters. The monoisotopic (exact) mass is 394 g/mol. The second kappa shape index (κ2) is 9.45. The second-order valence-electron chi connectivity index (χ2n) is 6.12. The number of hydroxylamine groups is 1. The maximum absolute atomic E-state index is 12.7. The average Bonchev–Trinajstić information content (AvgIpc) is 2.65. The summed E-state index contributed by atoms with van der Waals surface area (Å²) in [5, 5.41) is 19.0. The predicted molar refractivity (Wildman–Crippen MR) is 98.7 cm³/mol. The lowest BCUT2D eigenvalue weighted by Gasteiger charge is -2.16. The van der Waals surface area contributed by atoms with Crippen molar-refractivity contribution in [1.82, 2.24) is 10.2 Å². The molecule has 0 aliphatic heterocycles. The molecule has 0 heterocycles. The summed E-state index contributed by atoms with van der Waals surface area (Å²) in [6, 6.07) is 10.5. The molecule has 0 saturated carbocycles. The van der Waals surface area contributed by atoms with Crippen LogP contribution in [0.2, 0.25) is 0 Å². The van der Waals surface area contributed by atoms with Gasteiger partial charge in [0.1, 0.15) is 6.04 Å². The van der Waals surface area contributed by atoms with Crippen molar-refractivity contribution >= 4 is 32.7 Å². The highest BCUT2D eigenvalue weighted by molar-refractivity contribution is 7.89. The smallest absolute Gasteiger partial charge is 0.321 e. The molecule has 0 spiro atoms. The van der Waals surface area contributed by atoms with Gasteiger partial charge in [-0.2, -0.15) is 4.72 Å². The molecule has 0 aliphatic rings. The molecule has 0 radical (unpaired) electrons.